The Bertz CT molecular complexity index is 508. The van der Waals surface area contributed by atoms with Crippen LogP contribution in [-0.2, 0) is 0 Å². The van der Waals surface area contributed by atoms with E-state index in [9.17, 15) is 4.79 Å². The Balaban J connectivity index is 2.41. The number of hydrogen-bond acceptors (Lipinski definition) is 2. The van der Waals surface area contributed by atoms with Crippen LogP contribution in [0.5, 0.6) is 0 Å². The van der Waals surface area contributed by atoms with Gasteiger partial charge in [0.15, 0.2) is 0 Å². The Morgan fingerprint density at radius 1 is 1.27 bits per heavy atom. The van der Waals surface area contributed by atoms with E-state index in [1.165, 1.54) is 12.4 Å². The van der Waals surface area contributed by atoms with Crippen molar-refractivity contribution in [1.29, 1.82) is 0 Å². The van der Waals surface area contributed by atoms with E-state index in [1.807, 2.05) is 0 Å². The summed E-state index contributed by atoms with van der Waals surface area (Å²) in [6.07, 6.45) is 2.84. The van der Waals surface area contributed by atoms with Crippen LogP contribution in [0.1, 0.15) is 10.4 Å². The second-order valence-corrected chi connectivity index (χ2v) is 3.73. The van der Waals surface area contributed by atoms with Crippen LogP contribution in [0.15, 0.2) is 36.7 Å². The van der Waals surface area contributed by atoms with E-state index in [2.05, 4.69) is 5.10 Å². The van der Waals surface area contributed by atoms with Crippen LogP contribution in [0, 0.1) is 0 Å². The first kappa shape index (κ1) is 10.2. The van der Waals surface area contributed by atoms with Gasteiger partial charge >= 0.3 is 0 Å². The summed E-state index contributed by atoms with van der Waals surface area (Å²) in [6, 6.07) is 6.79. The molecule has 0 aliphatic carbocycles. The van der Waals surface area contributed by atoms with Crippen LogP contribution >= 0.6 is 23.2 Å². The van der Waals surface area contributed by atoms with Gasteiger partial charge in [-0.3, -0.25) is 4.79 Å². The largest absolute Gasteiger partial charge is 0.279 e. The van der Waals surface area contributed by atoms with Crippen LogP contribution in [0.25, 0.3) is 0 Å². The molecule has 0 spiro atoms. The standard InChI is InChI=1S/C10H6Cl2N2O/c11-7-5-13-14(6-7)10(15)8-3-1-2-4-9(8)12/h1-6H. The molecule has 3 nitrogen and oxygen atoms in total. The van der Waals surface area contributed by atoms with Crippen molar-refractivity contribution in [2.75, 3.05) is 0 Å². The van der Waals surface area contributed by atoms with Crippen molar-refractivity contribution in [3.8, 4) is 0 Å². The molecule has 0 aliphatic heterocycles. The second-order valence-electron chi connectivity index (χ2n) is 2.89. The minimum Gasteiger partial charge on any atom is -0.267 e. The summed E-state index contributed by atoms with van der Waals surface area (Å²) in [7, 11) is 0. The van der Waals surface area contributed by atoms with Gasteiger partial charge in [0.1, 0.15) is 0 Å². The first-order valence-corrected chi connectivity index (χ1v) is 4.93. The van der Waals surface area contributed by atoms with Gasteiger partial charge in [-0.15, -0.1) is 0 Å². The SMILES string of the molecule is O=C(c1ccccc1Cl)n1cc(Cl)cn1. The topological polar surface area (TPSA) is 34.9 Å². The number of carbonyl (C=O) groups is 1. The minimum atomic E-state index is -0.299. The average molecular weight is 241 g/mol. The van der Waals surface area contributed by atoms with Gasteiger partial charge in [0.25, 0.3) is 5.91 Å². The van der Waals surface area contributed by atoms with E-state index < -0.39 is 0 Å². The number of benzene rings is 1. The van der Waals surface area contributed by atoms with Gasteiger partial charge in [0.05, 0.1) is 28.0 Å². The van der Waals surface area contributed by atoms with Crippen LogP contribution in [0.4, 0.5) is 0 Å². The molecule has 1 heterocycles. The van der Waals surface area contributed by atoms with E-state index >= 15 is 0 Å². The summed E-state index contributed by atoms with van der Waals surface area (Å²) < 4.78 is 1.16. The Morgan fingerprint density at radius 3 is 2.60 bits per heavy atom. The molecule has 1 aromatic carbocycles. The summed E-state index contributed by atoms with van der Waals surface area (Å²) in [4.78, 5) is 11.8. The van der Waals surface area contributed by atoms with Crippen molar-refractivity contribution in [1.82, 2.24) is 9.78 Å². The molecule has 15 heavy (non-hydrogen) atoms. The highest BCUT2D eigenvalue weighted by molar-refractivity contribution is 6.34. The molecule has 0 atom stereocenters. The Morgan fingerprint density at radius 2 is 2.00 bits per heavy atom. The normalized spacial score (nSPS) is 10.3. The lowest BCUT2D eigenvalue weighted by molar-refractivity contribution is 0.0945. The first-order valence-electron chi connectivity index (χ1n) is 4.18. The molecule has 0 saturated carbocycles. The molecule has 0 fully saturated rings. The molecule has 76 valence electrons. The lowest BCUT2D eigenvalue weighted by Crippen LogP contribution is -2.12. The van der Waals surface area contributed by atoms with Crippen molar-refractivity contribution < 1.29 is 4.79 Å². The second kappa shape index (κ2) is 4.04. The molecule has 0 aliphatic rings. The van der Waals surface area contributed by atoms with Crippen molar-refractivity contribution in [2.45, 2.75) is 0 Å². The van der Waals surface area contributed by atoms with Gasteiger partial charge in [-0.2, -0.15) is 5.10 Å². The number of aromatic nitrogens is 2. The molecule has 2 aromatic rings. The quantitative estimate of drug-likeness (QED) is 0.769. The molecule has 0 N–H and O–H groups in total. The van der Waals surface area contributed by atoms with E-state index in [0.717, 1.165) is 4.68 Å². The molecule has 2 rings (SSSR count). The third-order valence-corrected chi connectivity index (χ3v) is 2.39. The molecular weight excluding hydrogens is 235 g/mol. The van der Waals surface area contributed by atoms with Gasteiger partial charge in [-0.25, -0.2) is 4.68 Å². The summed E-state index contributed by atoms with van der Waals surface area (Å²) >= 11 is 11.5. The van der Waals surface area contributed by atoms with Crippen molar-refractivity contribution in [2.24, 2.45) is 0 Å². The third-order valence-electron chi connectivity index (χ3n) is 1.86. The average Bonchev–Trinajstić information content (AvgIpc) is 2.65. The summed E-state index contributed by atoms with van der Waals surface area (Å²) in [5, 5.41) is 4.62. The molecule has 0 bridgehead atoms. The van der Waals surface area contributed by atoms with Crippen molar-refractivity contribution >= 4 is 29.1 Å². The van der Waals surface area contributed by atoms with E-state index in [0.29, 0.717) is 15.6 Å². The van der Waals surface area contributed by atoms with E-state index in [4.69, 9.17) is 23.2 Å². The zero-order valence-corrected chi connectivity index (χ0v) is 9.03. The summed E-state index contributed by atoms with van der Waals surface area (Å²) in [5.74, 6) is -0.299. The van der Waals surface area contributed by atoms with E-state index in [1.54, 1.807) is 24.3 Å². The summed E-state index contributed by atoms with van der Waals surface area (Å²) in [5.41, 5.74) is 0.402. The fourth-order valence-corrected chi connectivity index (χ4v) is 1.52. The molecule has 0 unspecified atom stereocenters. The van der Waals surface area contributed by atoms with Gasteiger partial charge in [0.2, 0.25) is 0 Å². The van der Waals surface area contributed by atoms with Gasteiger partial charge in [-0.1, -0.05) is 35.3 Å². The first-order chi connectivity index (χ1) is 7.18. The number of hydrogen-bond donors (Lipinski definition) is 0. The zero-order chi connectivity index (χ0) is 10.8. The highest BCUT2D eigenvalue weighted by Gasteiger charge is 2.12. The predicted octanol–water partition coefficient (Wildman–Crippen LogP) is 2.88. The lowest BCUT2D eigenvalue weighted by atomic mass is 10.2. The smallest absolute Gasteiger partial charge is 0.267 e. The van der Waals surface area contributed by atoms with Crippen LogP contribution < -0.4 is 0 Å². The fraction of sp³-hybridized carbons (Fsp3) is 0. The van der Waals surface area contributed by atoms with Gasteiger partial charge in [0, 0.05) is 0 Å². The number of rotatable bonds is 1. The van der Waals surface area contributed by atoms with Crippen molar-refractivity contribution in [3.63, 3.8) is 0 Å². The van der Waals surface area contributed by atoms with Crippen molar-refractivity contribution in [3.05, 3.63) is 52.3 Å². The lowest BCUT2D eigenvalue weighted by Gasteiger charge is -2.01. The Kier molecular flexibility index (Phi) is 2.75. The Labute approximate surface area is 96.2 Å². The number of carbonyl (C=O) groups excluding carboxylic acids is 1. The number of nitrogens with zero attached hydrogens (tertiary/aromatic N) is 2. The van der Waals surface area contributed by atoms with Crippen LogP contribution in [0.2, 0.25) is 10.0 Å². The van der Waals surface area contributed by atoms with Gasteiger partial charge in [-0.05, 0) is 12.1 Å². The minimum absolute atomic E-state index is 0.299. The monoisotopic (exact) mass is 240 g/mol. The maximum absolute atomic E-state index is 11.8. The predicted molar refractivity (Wildman–Crippen MR) is 58.4 cm³/mol. The number of halogens is 2. The summed E-state index contributed by atoms with van der Waals surface area (Å²) in [6.45, 7) is 0. The zero-order valence-electron chi connectivity index (χ0n) is 7.52. The van der Waals surface area contributed by atoms with Crippen LogP contribution in [0.3, 0.4) is 0 Å². The molecule has 0 amide bonds. The third kappa shape index (κ3) is 2.03. The highest BCUT2D eigenvalue weighted by atomic mass is 35.5. The van der Waals surface area contributed by atoms with Crippen LogP contribution in [-0.4, -0.2) is 15.7 Å². The Hall–Kier alpha value is -1.32. The van der Waals surface area contributed by atoms with E-state index in [-0.39, 0.29) is 5.91 Å². The molecule has 0 saturated heterocycles. The molecular formula is C10H6Cl2N2O. The molecule has 1 aromatic heterocycles. The highest BCUT2D eigenvalue weighted by Crippen LogP contribution is 2.16. The van der Waals surface area contributed by atoms with Gasteiger partial charge < -0.3 is 0 Å². The molecule has 0 radical (unpaired) electrons. The molecule has 5 heteroatoms. The maximum Gasteiger partial charge on any atom is 0.279 e. The maximum atomic E-state index is 11.8. The fourth-order valence-electron chi connectivity index (χ4n) is 1.17.